The van der Waals surface area contributed by atoms with E-state index in [1.165, 1.54) is 7.11 Å². The van der Waals surface area contributed by atoms with E-state index in [2.05, 4.69) is 15.5 Å². The second-order valence-corrected chi connectivity index (χ2v) is 3.67. The van der Waals surface area contributed by atoms with Crippen LogP contribution in [-0.2, 0) is 9.53 Å². The van der Waals surface area contributed by atoms with Crippen molar-refractivity contribution >= 4 is 11.6 Å². The Bertz CT molecular complexity index is 551. The maximum atomic E-state index is 11.5. The van der Waals surface area contributed by atoms with Gasteiger partial charge in [0.05, 0.1) is 11.3 Å². The van der Waals surface area contributed by atoms with Crippen molar-refractivity contribution in [3.63, 3.8) is 0 Å². The quantitative estimate of drug-likeness (QED) is 0.888. The van der Waals surface area contributed by atoms with Gasteiger partial charge in [-0.3, -0.25) is 4.79 Å². The second kappa shape index (κ2) is 5.42. The molecule has 94 valence electrons. The average Bonchev–Trinajstić information content (AvgIpc) is 2.77. The number of hydrogen-bond acceptors (Lipinski definition) is 5. The molecule has 0 spiro atoms. The van der Waals surface area contributed by atoms with Crippen molar-refractivity contribution in [1.29, 1.82) is 0 Å². The molecule has 2 aromatic rings. The van der Waals surface area contributed by atoms with Gasteiger partial charge in [-0.15, -0.1) is 0 Å². The summed E-state index contributed by atoms with van der Waals surface area (Å²) in [5.41, 5.74) is 1.30. The summed E-state index contributed by atoms with van der Waals surface area (Å²) in [5, 5.41) is 6.45. The summed E-state index contributed by atoms with van der Waals surface area (Å²) in [4.78, 5) is 15.6. The number of amides is 1. The largest absolute Gasteiger partial charge is 0.375 e. The van der Waals surface area contributed by atoms with Gasteiger partial charge in [-0.1, -0.05) is 17.3 Å². The molecule has 0 aliphatic carbocycles. The number of methoxy groups -OCH3 is 1. The number of anilines is 1. The zero-order valence-electron chi connectivity index (χ0n) is 10.1. The average molecular weight is 247 g/mol. The standard InChI is InChI=1S/C12H13N3O3/c1-8-13-12(18-15-8)9-5-3-4-6-10(9)14-11(16)7-17-2/h3-6H,7H2,1-2H3,(H,14,16). The van der Waals surface area contributed by atoms with E-state index >= 15 is 0 Å². The minimum absolute atomic E-state index is 0.00278. The molecule has 1 amide bonds. The van der Waals surface area contributed by atoms with Crippen molar-refractivity contribution in [3.05, 3.63) is 30.1 Å². The Morgan fingerprint density at radius 2 is 2.22 bits per heavy atom. The number of hydrogen-bond donors (Lipinski definition) is 1. The fourth-order valence-corrected chi connectivity index (χ4v) is 1.50. The highest BCUT2D eigenvalue weighted by Crippen LogP contribution is 2.26. The summed E-state index contributed by atoms with van der Waals surface area (Å²) in [5.74, 6) is 0.685. The number of para-hydroxylation sites is 1. The van der Waals surface area contributed by atoms with Crippen molar-refractivity contribution < 1.29 is 14.1 Å². The predicted molar refractivity (Wildman–Crippen MR) is 65.0 cm³/mol. The number of aromatic nitrogens is 2. The predicted octanol–water partition coefficient (Wildman–Crippen LogP) is 1.63. The van der Waals surface area contributed by atoms with E-state index in [0.717, 1.165) is 0 Å². The van der Waals surface area contributed by atoms with E-state index in [-0.39, 0.29) is 12.5 Å². The minimum atomic E-state index is -0.235. The van der Waals surface area contributed by atoms with Crippen molar-refractivity contribution in [1.82, 2.24) is 10.1 Å². The van der Waals surface area contributed by atoms with Crippen molar-refractivity contribution in [3.8, 4) is 11.5 Å². The topological polar surface area (TPSA) is 77.2 Å². The van der Waals surface area contributed by atoms with E-state index in [1.54, 1.807) is 19.1 Å². The molecule has 0 bridgehead atoms. The van der Waals surface area contributed by atoms with Crippen LogP contribution in [0.5, 0.6) is 0 Å². The van der Waals surface area contributed by atoms with E-state index in [1.807, 2.05) is 12.1 Å². The molecular formula is C12H13N3O3. The smallest absolute Gasteiger partial charge is 0.260 e. The van der Waals surface area contributed by atoms with Crippen LogP contribution in [0.1, 0.15) is 5.82 Å². The van der Waals surface area contributed by atoms with Crippen LogP contribution < -0.4 is 5.32 Å². The highest BCUT2D eigenvalue weighted by Gasteiger charge is 2.12. The molecule has 1 N–H and O–H groups in total. The van der Waals surface area contributed by atoms with Gasteiger partial charge in [-0.05, 0) is 19.1 Å². The maximum absolute atomic E-state index is 11.5. The van der Waals surface area contributed by atoms with Gasteiger partial charge in [0, 0.05) is 7.11 Å². The summed E-state index contributed by atoms with van der Waals surface area (Å²) < 4.78 is 9.85. The van der Waals surface area contributed by atoms with E-state index in [0.29, 0.717) is 23.0 Å². The van der Waals surface area contributed by atoms with Gasteiger partial charge in [0.2, 0.25) is 5.91 Å². The molecule has 1 aromatic heterocycles. The fourth-order valence-electron chi connectivity index (χ4n) is 1.50. The summed E-state index contributed by atoms with van der Waals surface area (Å²) >= 11 is 0. The first-order valence-electron chi connectivity index (χ1n) is 5.39. The van der Waals surface area contributed by atoms with Gasteiger partial charge in [-0.25, -0.2) is 0 Å². The zero-order valence-corrected chi connectivity index (χ0v) is 10.1. The normalized spacial score (nSPS) is 10.3. The summed E-state index contributed by atoms with van der Waals surface area (Å²) in [6.45, 7) is 1.73. The van der Waals surface area contributed by atoms with Gasteiger partial charge in [0.1, 0.15) is 6.61 Å². The van der Waals surface area contributed by atoms with E-state index in [9.17, 15) is 4.79 Å². The van der Waals surface area contributed by atoms with E-state index < -0.39 is 0 Å². The van der Waals surface area contributed by atoms with Gasteiger partial charge in [0.25, 0.3) is 5.89 Å². The third-order valence-corrected chi connectivity index (χ3v) is 2.23. The van der Waals surface area contributed by atoms with Crippen LogP contribution in [0, 0.1) is 6.92 Å². The Kier molecular flexibility index (Phi) is 3.69. The number of ether oxygens (including phenoxy) is 1. The molecule has 0 saturated carbocycles. The zero-order chi connectivity index (χ0) is 13.0. The Labute approximate surface area is 104 Å². The molecule has 0 aliphatic heterocycles. The van der Waals surface area contributed by atoms with E-state index in [4.69, 9.17) is 9.26 Å². The molecule has 0 atom stereocenters. The highest BCUT2D eigenvalue weighted by atomic mass is 16.5. The summed E-state index contributed by atoms with van der Waals surface area (Å²) in [6, 6.07) is 7.22. The van der Waals surface area contributed by atoms with Crippen LogP contribution in [-0.4, -0.2) is 29.8 Å². The molecular weight excluding hydrogens is 234 g/mol. The number of carbonyl (C=O) groups is 1. The lowest BCUT2D eigenvalue weighted by Crippen LogP contribution is -2.17. The molecule has 0 fully saturated rings. The van der Waals surface area contributed by atoms with Crippen molar-refractivity contribution in [2.75, 3.05) is 19.0 Å². The molecule has 0 unspecified atom stereocenters. The van der Waals surface area contributed by atoms with Crippen molar-refractivity contribution in [2.45, 2.75) is 6.92 Å². The van der Waals surface area contributed by atoms with Crippen LogP contribution in [0.4, 0.5) is 5.69 Å². The van der Waals surface area contributed by atoms with Crippen LogP contribution in [0.15, 0.2) is 28.8 Å². The number of carbonyl (C=O) groups excluding carboxylic acids is 1. The highest BCUT2D eigenvalue weighted by molar-refractivity contribution is 5.95. The molecule has 18 heavy (non-hydrogen) atoms. The monoisotopic (exact) mass is 247 g/mol. The molecule has 6 nitrogen and oxygen atoms in total. The number of nitrogens with zero attached hydrogens (tertiary/aromatic N) is 2. The number of rotatable bonds is 4. The number of benzene rings is 1. The summed E-state index contributed by atoms with van der Waals surface area (Å²) in [6.07, 6.45) is 0. The van der Waals surface area contributed by atoms with Gasteiger partial charge in [-0.2, -0.15) is 4.98 Å². The van der Waals surface area contributed by atoms with Crippen LogP contribution >= 0.6 is 0 Å². The van der Waals surface area contributed by atoms with Gasteiger partial charge >= 0.3 is 0 Å². The third kappa shape index (κ3) is 2.72. The molecule has 0 saturated heterocycles. The molecule has 1 aromatic carbocycles. The molecule has 0 aliphatic rings. The molecule has 6 heteroatoms. The Balaban J connectivity index is 2.28. The Morgan fingerprint density at radius 3 is 2.89 bits per heavy atom. The first-order valence-corrected chi connectivity index (χ1v) is 5.39. The van der Waals surface area contributed by atoms with Crippen molar-refractivity contribution in [2.24, 2.45) is 0 Å². The fraction of sp³-hybridized carbons (Fsp3) is 0.250. The Morgan fingerprint density at radius 1 is 1.44 bits per heavy atom. The molecule has 1 heterocycles. The minimum Gasteiger partial charge on any atom is -0.375 e. The maximum Gasteiger partial charge on any atom is 0.260 e. The third-order valence-electron chi connectivity index (χ3n) is 2.23. The lowest BCUT2D eigenvalue weighted by molar-refractivity contribution is -0.119. The SMILES string of the molecule is COCC(=O)Nc1ccccc1-c1nc(C)no1. The van der Waals surface area contributed by atoms with Crippen LogP contribution in [0.3, 0.4) is 0 Å². The number of nitrogens with one attached hydrogen (secondary N) is 1. The molecule has 2 rings (SSSR count). The Hall–Kier alpha value is -2.21. The lowest BCUT2D eigenvalue weighted by atomic mass is 10.1. The summed E-state index contributed by atoms with van der Waals surface area (Å²) in [7, 11) is 1.47. The first kappa shape index (κ1) is 12.3. The first-order chi connectivity index (χ1) is 8.70. The number of aryl methyl sites for hydroxylation is 1. The van der Waals surface area contributed by atoms with Crippen LogP contribution in [0.2, 0.25) is 0 Å². The molecule has 0 radical (unpaired) electrons. The lowest BCUT2D eigenvalue weighted by Gasteiger charge is -2.07. The van der Waals surface area contributed by atoms with Crippen LogP contribution in [0.25, 0.3) is 11.5 Å². The second-order valence-electron chi connectivity index (χ2n) is 3.67. The van der Waals surface area contributed by atoms with Gasteiger partial charge < -0.3 is 14.6 Å². The van der Waals surface area contributed by atoms with Gasteiger partial charge in [0.15, 0.2) is 5.82 Å².